The van der Waals surface area contributed by atoms with Gasteiger partial charge in [0.2, 0.25) is 0 Å². The predicted octanol–water partition coefficient (Wildman–Crippen LogP) is 4.09. The molecule has 0 saturated carbocycles. The van der Waals surface area contributed by atoms with Gasteiger partial charge in [0.25, 0.3) is 0 Å². The molecule has 0 amide bonds. The lowest BCUT2D eigenvalue weighted by molar-refractivity contribution is 1.15. The van der Waals surface area contributed by atoms with Gasteiger partial charge in [-0.05, 0) is 35.8 Å². The molecule has 1 aromatic rings. The summed E-state index contributed by atoms with van der Waals surface area (Å²) < 4.78 is 4.90. The van der Waals surface area contributed by atoms with Crippen LogP contribution in [0.25, 0.3) is 0 Å². The SMILES string of the molecule is C#Cc1ccc(/C=N/[Si](CC)(CC)CC)cc1. The maximum Gasteiger partial charge on any atom is 0.180 e. The van der Waals surface area contributed by atoms with Crippen LogP contribution in [0, 0.1) is 12.3 Å². The highest BCUT2D eigenvalue weighted by Crippen LogP contribution is 2.21. The van der Waals surface area contributed by atoms with Crippen LogP contribution in [0.4, 0.5) is 0 Å². The first-order valence-electron chi connectivity index (χ1n) is 6.31. The summed E-state index contributed by atoms with van der Waals surface area (Å²) in [5.74, 6) is 2.62. The summed E-state index contributed by atoms with van der Waals surface area (Å²) in [4.78, 5) is 0. The standard InChI is InChI=1S/C15H21NSi/c1-5-14-9-11-15(12-10-14)13-16-17(6-2,7-3)8-4/h1,9-13H,6-8H2,2-4H3/b16-13+. The monoisotopic (exact) mass is 243 g/mol. The Morgan fingerprint density at radius 3 is 2.06 bits per heavy atom. The normalized spacial score (nSPS) is 11.6. The third kappa shape index (κ3) is 3.57. The van der Waals surface area contributed by atoms with Gasteiger partial charge in [0.15, 0.2) is 8.24 Å². The van der Waals surface area contributed by atoms with Gasteiger partial charge >= 0.3 is 0 Å². The van der Waals surface area contributed by atoms with E-state index in [9.17, 15) is 0 Å². The summed E-state index contributed by atoms with van der Waals surface area (Å²) in [7, 11) is -1.39. The number of hydrogen-bond acceptors (Lipinski definition) is 1. The molecule has 0 radical (unpaired) electrons. The molecule has 0 N–H and O–H groups in total. The van der Waals surface area contributed by atoms with Crippen LogP contribution in [0.5, 0.6) is 0 Å². The Morgan fingerprint density at radius 1 is 1.12 bits per heavy atom. The van der Waals surface area contributed by atoms with Crippen molar-refractivity contribution in [3.05, 3.63) is 35.4 Å². The van der Waals surface area contributed by atoms with Crippen molar-refractivity contribution in [3.8, 4) is 12.3 Å². The van der Waals surface area contributed by atoms with Crippen LogP contribution in [-0.4, -0.2) is 14.5 Å². The molecule has 0 fully saturated rings. The van der Waals surface area contributed by atoms with Crippen LogP contribution in [0.1, 0.15) is 31.9 Å². The minimum absolute atomic E-state index is 0.923. The number of rotatable bonds is 5. The Balaban J connectivity index is 2.85. The fourth-order valence-corrected chi connectivity index (χ4v) is 4.37. The number of benzene rings is 1. The largest absolute Gasteiger partial charge is 0.328 e. The van der Waals surface area contributed by atoms with Crippen LogP contribution < -0.4 is 0 Å². The molecule has 0 bridgehead atoms. The molecule has 90 valence electrons. The van der Waals surface area contributed by atoms with Gasteiger partial charge in [-0.2, -0.15) is 0 Å². The highest BCUT2D eigenvalue weighted by Gasteiger charge is 2.25. The van der Waals surface area contributed by atoms with Crippen molar-refractivity contribution in [3.63, 3.8) is 0 Å². The summed E-state index contributed by atoms with van der Waals surface area (Å²) in [6.45, 7) is 6.79. The lowest BCUT2D eigenvalue weighted by Crippen LogP contribution is -2.29. The van der Waals surface area contributed by atoms with E-state index in [1.165, 1.54) is 18.1 Å². The zero-order chi connectivity index (χ0) is 12.7. The van der Waals surface area contributed by atoms with Gasteiger partial charge in [-0.15, -0.1) is 6.42 Å². The van der Waals surface area contributed by atoms with Crippen LogP contribution >= 0.6 is 0 Å². The Labute approximate surface area is 106 Å². The quantitative estimate of drug-likeness (QED) is 0.419. The lowest BCUT2D eigenvalue weighted by Gasteiger charge is -2.21. The van der Waals surface area contributed by atoms with Crippen molar-refractivity contribution in [2.45, 2.75) is 38.9 Å². The number of nitrogens with zero attached hydrogens (tertiary/aromatic N) is 1. The van der Waals surface area contributed by atoms with Crippen molar-refractivity contribution in [2.24, 2.45) is 4.66 Å². The van der Waals surface area contributed by atoms with Crippen molar-refractivity contribution < 1.29 is 0 Å². The van der Waals surface area contributed by atoms with Gasteiger partial charge in [0.1, 0.15) is 0 Å². The maximum absolute atomic E-state index is 5.33. The molecule has 1 rings (SSSR count). The highest BCUT2D eigenvalue weighted by atomic mass is 28.3. The second kappa shape index (κ2) is 6.41. The number of hydrogen-bond donors (Lipinski definition) is 0. The molecule has 0 atom stereocenters. The molecular formula is C15H21NSi. The highest BCUT2D eigenvalue weighted by molar-refractivity contribution is 6.78. The molecule has 1 nitrogen and oxygen atoms in total. The summed E-state index contributed by atoms with van der Waals surface area (Å²) in [6.07, 6.45) is 7.36. The van der Waals surface area contributed by atoms with E-state index in [0.717, 1.165) is 11.1 Å². The van der Waals surface area contributed by atoms with E-state index in [1.54, 1.807) is 0 Å². The Hall–Kier alpha value is -1.33. The van der Waals surface area contributed by atoms with Crippen LogP contribution in [0.15, 0.2) is 28.9 Å². The van der Waals surface area contributed by atoms with Gasteiger partial charge in [-0.3, -0.25) is 0 Å². The molecule has 0 saturated heterocycles. The van der Waals surface area contributed by atoms with Crippen LogP contribution in [-0.2, 0) is 0 Å². The third-order valence-corrected chi connectivity index (χ3v) is 8.16. The first-order chi connectivity index (χ1) is 8.19. The second-order valence-electron chi connectivity index (χ2n) is 4.31. The van der Waals surface area contributed by atoms with Crippen molar-refractivity contribution in [1.29, 1.82) is 0 Å². The molecule has 0 aliphatic heterocycles. The number of terminal acetylenes is 1. The van der Waals surface area contributed by atoms with E-state index in [-0.39, 0.29) is 0 Å². The van der Waals surface area contributed by atoms with E-state index >= 15 is 0 Å². The van der Waals surface area contributed by atoms with E-state index in [4.69, 9.17) is 11.1 Å². The van der Waals surface area contributed by atoms with Gasteiger partial charge < -0.3 is 4.66 Å². The van der Waals surface area contributed by atoms with E-state index < -0.39 is 8.24 Å². The predicted molar refractivity (Wildman–Crippen MR) is 79.2 cm³/mol. The second-order valence-corrected chi connectivity index (χ2v) is 9.14. The molecule has 0 aliphatic carbocycles. The average Bonchev–Trinajstić information content (AvgIpc) is 2.41. The van der Waals surface area contributed by atoms with Gasteiger partial charge in [0, 0.05) is 11.8 Å². The summed E-state index contributed by atoms with van der Waals surface area (Å²) >= 11 is 0. The third-order valence-electron chi connectivity index (χ3n) is 3.54. The molecule has 0 heterocycles. The fourth-order valence-electron chi connectivity index (χ4n) is 1.90. The minimum Gasteiger partial charge on any atom is -0.328 e. The summed E-state index contributed by atoms with van der Waals surface area (Å²) in [6, 6.07) is 11.7. The summed E-state index contributed by atoms with van der Waals surface area (Å²) in [5.41, 5.74) is 2.07. The molecule has 0 aromatic heterocycles. The van der Waals surface area contributed by atoms with Crippen molar-refractivity contribution in [2.75, 3.05) is 0 Å². The first kappa shape index (κ1) is 13.7. The van der Waals surface area contributed by atoms with Gasteiger partial charge in [0.05, 0.1) is 0 Å². The molecule has 1 aromatic carbocycles. The first-order valence-corrected chi connectivity index (χ1v) is 8.88. The zero-order valence-corrected chi connectivity index (χ0v) is 12.0. The van der Waals surface area contributed by atoms with E-state index in [0.29, 0.717) is 0 Å². The van der Waals surface area contributed by atoms with Crippen LogP contribution in [0.2, 0.25) is 18.1 Å². The Morgan fingerprint density at radius 2 is 1.65 bits per heavy atom. The smallest absolute Gasteiger partial charge is 0.180 e. The Bertz CT molecular complexity index is 399. The van der Waals surface area contributed by atoms with Gasteiger partial charge in [-0.1, -0.05) is 38.8 Å². The molecule has 2 heteroatoms. The molecule has 0 aliphatic rings. The van der Waals surface area contributed by atoms with E-state index in [2.05, 4.69) is 26.7 Å². The fraction of sp³-hybridized carbons (Fsp3) is 0.400. The van der Waals surface area contributed by atoms with Crippen LogP contribution in [0.3, 0.4) is 0 Å². The molecular weight excluding hydrogens is 222 g/mol. The minimum atomic E-state index is -1.39. The average molecular weight is 243 g/mol. The molecule has 0 spiro atoms. The molecule has 0 unspecified atom stereocenters. The van der Waals surface area contributed by atoms with Gasteiger partial charge in [-0.25, -0.2) is 0 Å². The lowest BCUT2D eigenvalue weighted by atomic mass is 10.2. The van der Waals surface area contributed by atoms with E-state index in [1.807, 2.05) is 30.5 Å². The maximum atomic E-state index is 5.33. The zero-order valence-electron chi connectivity index (χ0n) is 11.0. The molecule has 17 heavy (non-hydrogen) atoms. The summed E-state index contributed by atoms with van der Waals surface area (Å²) in [5, 5.41) is 0. The Kier molecular flexibility index (Phi) is 5.18. The topological polar surface area (TPSA) is 12.4 Å². The van der Waals surface area contributed by atoms with Crippen molar-refractivity contribution >= 4 is 14.5 Å². The van der Waals surface area contributed by atoms with Crippen molar-refractivity contribution in [1.82, 2.24) is 0 Å².